The number of amides is 1. The van der Waals surface area contributed by atoms with Crippen LogP contribution in [-0.2, 0) is 17.6 Å². The molecule has 31 heavy (non-hydrogen) atoms. The predicted molar refractivity (Wildman–Crippen MR) is 127 cm³/mol. The molecule has 0 saturated carbocycles. The number of carbonyl (C=O) groups is 1. The van der Waals surface area contributed by atoms with Gasteiger partial charge < -0.3 is 15.6 Å². The molecule has 1 aromatic carbocycles. The number of aromatic nitrogens is 3. The number of nitrogens with one attached hydrogen (secondary N) is 1. The Balaban J connectivity index is 0.00000240. The summed E-state index contributed by atoms with van der Waals surface area (Å²) in [6, 6.07) is 13.5. The minimum absolute atomic E-state index is 0. The highest BCUT2D eigenvalue weighted by molar-refractivity contribution is 5.85. The van der Waals surface area contributed by atoms with Crippen molar-refractivity contribution in [3.8, 4) is 11.4 Å². The summed E-state index contributed by atoms with van der Waals surface area (Å²) >= 11 is 0. The van der Waals surface area contributed by atoms with Gasteiger partial charge in [0.05, 0.1) is 6.42 Å². The zero-order chi connectivity index (χ0) is 20.6. The van der Waals surface area contributed by atoms with Crippen LogP contribution in [0.15, 0.2) is 59.7 Å². The van der Waals surface area contributed by atoms with Gasteiger partial charge in [0.25, 0.3) is 5.56 Å². The van der Waals surface area contributed by atoms with Crippen molar-refractivity contribution in [3.05, 3.63) is 82.0 Å². The molecule has 2 heterocycles. The number of aromatic amines is 1. The van der Waals surface area contributed by atoms with Gasteiger partial charge >= 0.3 is 0 Å². The van der Waals surface area contributed by atoms with Gasteiger partial charge in [-0.15, -0.1) is 24.8 Å². The van der Waals surface area contributed by atoms with E-state index in [-0.39, 0.29) is 42.7 Å². The predicted octanol–water partition coefficient (Wildman–Crippen LogP) is 2.56. The van der Waals surface area contributed by atoms with Gasteiger partial charge in [-0.1, -0.05) is 30.3 Å². The molecule has 1 amide bonds. The lowest BCUT2D eigenvalue weighted by molar-refractivity contribution is -0.130. The van der Waals surface area contributed by atoms with Crippen molar-refractivity contribution in [1.29, 1.82) is 0 Å². The van der Waals surface area contributed by atoms with Crippen LogP contribution in [0.3, 0.4) is 0 Å². The van der Waals surface area contributed by atoms with Crippen molar-refractivity contribution in [2.45, 2.75) is 19.8 Å². The Labute approximate surface area is 193 Å². The summed E-state index contributed by atoms with van der Waals surface area (Å²) in [7, 11) is 0. The van der Waals surface area contributed by atoms with Gasteiger partial charge in [0, 0.05) is 48.8 Å². The van der Waals surface area contributed by atoms with Crippen LogP contribution in [0.4, 0.5) is 0 Å². The fourth-order valence-corrected chi connectivity index (χ4v) is 3.15. The van der Waals surface area contributed by atoms with Gasteiger partial charge in [-0.05, 0) is 31.0 Å². The van der Waals surface area contributed by atoms with Gasteiger partial charge in [-0.2, -0.15) is 0 Å². The van der Waals surface area contributed by atoms with Gasteiger partial charge in [0.2, 0.25) is 5.91 Å². The minimum Gasteiger partial charge on any atom is -0.341 e. The molecule has 0 aliphatic heterocycles. The molecule has 0 bridgehead atoms. The molecule has 0 atom stereocenters. The summed E-state index contributed by atoms with van der Waals surface area (Å²) in [6.45, 7) is 3.12. The standard InChI is InChI=1S/C22H25N5O2.2ClH/c1-16-19(22(29)26-21(25-16)18-7-11-24-12-8-18)15-20(28)27(14-10-23)13-9-17-5-3-2-4-6-17;;/h2-8,11-12H,9-10,13-15,23H2,1H3,(H,25,26,29);2*1H. The van der Waals surface area contributed by atoms with Crippen LogP contribution in [-0.4, -0.2) is 45.4 Å². The number of aryl methyl sites for hydroxylation is 1. The number of rotatable bonds is 8. The van der Waals surface area contributed by atoms with Crippen molar-refractivity contribution >= 4 is 30.7 Å². The molecular formula is C22H27Cl2N5O2. The van der Waals surface area contributed by atoms with Crippen LogP contribution in [0.5, 0.6) is 0 Å². The quantitative estimate of drug-likeness (QED) is 0.533. The molecule has 0 radical (unpaired) electrons. The largest absolute Gasteiger partial charge is 0.341 e. The van der Waals surface area contributed by atoms with E-state index >= 15 is 0 Å². The highest BCUT2D eigenvalue weighted by atomic mass is 35.5. The molecule has 0 unspecified atom stereocenters. The van der Waals surface area contributed by atoms with Crippen molar-refractivity contribution in [1.82, 2.24) is 19.9 Å². The third kappa shape index (κ3) is 7.17. The Hall–Kier alpha value is -2.74. The van der Waals surface area contributed by atoms with Crippen LogP contribution in [0.25, 0.3) is 11.4 Å². The van der Waals surface area contributed by atoms with Crippen LogP contribution < -0.4 is 11.3 Å². The molecule has 0 saturated heterocycles. The third-order valence-electron chi connectivity index (χ3n) is 4.77. The first-order valence-corrected chi connectivity index (χ1v) is 9.60. The van der Waals surface area contributed by atoms with Crippen LogP contribution in [0.1, 0.15) is 16.8 Å². The molecule has 0 aliphatic carbocycles. The van der Waals surface area contributed by atoms with Gasteiger partial charge in [0.1, 0.15) is 5.82 Å². The lowest BCUT2D eigenvalue weighted by Crippen LogP contribution is -2.39. The van der Waals surface area contributed by atoms with E-state index in [2.05, 4.69) is 15.0 Å². The van der Waals surface area contributed by atoms with Crippen LogP contribution >= 0.6 is 24.8 Å². The highest BCUT2D eigenvalue weighted by Gasteiger charge is 2.18. The number of hydrogen-bond acceptors (Lipinski definition) is 5. The number of nitrogens with two attached hydrogens (primary N) is 1. The van der Waals surface area contributed by atoms with Crippen molar-refractivity contribution < 1.29 is 4.79 Å². The highest BCUT2D eigenvalue weighted by Crippen LogP contribution is 2.13. The Kier molecular flexibility index (Phi) is 10.9. The zero-order valence-electron chi connectivity index (χ0n) is 17.3. The number of H-pyrrole nitrogens is 1. The van der Waals surface area contributed by atoms with Crippen LogP contribution in [0.2, 0.25) is 0 Å². The first kappa shape index (κ1) is 26.3. The smallest absolute Gasteiger partial charge is 0.255 e. The second kappa shape index (κ2) is 12.8. The van der Waals surface area contributed by atoms with E-state index < -0.39 is 0 Å². The third-order valence-corrected chi connectivity index (χ3v) is 4.77. The van der Waals surface area contributed by atoms with Gasteiger partial charge in [-0.3, -0.25) is 14.6 Å². The van der Waals surface area contributed by atoms with E-state index in [1.54, 1.807) is 36.4 Å². The summed E-state index contributed by atoms with van der Waals surface area (Å²) in [5.41, 5.74) is 8.25. The fraction of sp³-hybridized carbons (Fsp3) is 0.273. The topological polar surface area (TPSA) is 105 Å². The summed E-state index contributed by atoms with van der Waals surface area (Å²) in [5.74, 6) is 0.340. The molecule has 3 rings (SSSR count). The maximum Gasteiger partial charge on any atom is 0.255 e. The van der Waals surface area contributed by atoms with E-state index in [1.165, 1.54) is 0 Å². The summed E-state index contributed by atoms with van der Waals surface area (Å²) in [5, 5.41) is 0. The molecule has 3 N–H and O–H groups in total. The summed E-state index contributed by atoms with van der Waals surface area (Å²) in [4.78, 5) is 38.4. The monoisotopic (exact) mass is 463 g/mol. The SMILES string of the molecule is Cc1nc(-c2ccncc2)[nH]c(=O)c1CC(=O)N(CCN)CCc1ccccc1.Cl.Cl. The van der Waals surface area contributed by atoms with Crippen molar-refractivity contribution in [3.63, 3.8) is 0 Å². The van der Waals surface area contributed by atoms with E-state index in [9.17, 15) is 9.59 Å². The molecule has 3 aromatic rings. The zero-order valence-corrected chi connectivity index (χ0v) is 18.9. The molecular weight excluding hydrogens is 437 g/mol. The summed E-state index contributed by atoms with van der Waals surface area (Å²) < 4.78 is 0. The second-order valence-corrected chi connectivity index (χ2v) is 6.80. The first-order chi connectivity index (χ1) is 14.1. The first-order valence-electron chi connectivity index (χ1n) is 9.60. The lowest BCUT2D eigenvalue weighted by Gasteiger charge is -2.22. The number of halogens is 2. The average Bonchev–Trinajstić information content (AvgIpc) is 2.74. The maximum absolute atomic E-state index is 12.9. The number of pyridine rings is 1. The van der Waals surface area contributed by atoms with Crippen molar-refractivity contribution in [2.75, 3.05) is 19.6 Å². The average molecular weight is 464 g/mol. The van der Waals surface area contributed by atoms with Crippen molar-refractivity contribution in [2.24, 2.45) is 5.73 Å². The fourth-order valence-electron chi connectivity index (χ4n) is 3.15. The molecule has 2 aromatic heterocycles. The van der Waals surface area contributed by atoms with Gasteiger partial charge in [-0.25, -0.2) is 4.98 Å². The number of carbonyl (C=O) groups excluding carboxylic acids is 1. The van der Waals surface area contributed by atoms with E-state index in [1.807, 2.05) is 30.3 Å². The van der Waals surface area contributed by atoms with E-state index in [4.69, 9.17) is 5.73 Å². The van der Waals surface area contributed by atoms with Gasteiger partial charge in [0.15, 0.2) is 0 Å². The lowest BCUT2D eigenvalue weighted by atomic mass is 10.1. The molecule has 0 spiro atoms. The number of nitrogens with zero attached hydrogens (tertiary/aromatic N) is 3. The Bertz CT molecular complexity index is 1010. The molecule has 0 fully saturated rings. The maximum atomic E-state index is 12.9. The Morgan fingerprint density at radius 1 is 1.06 bits per heavy atom. The number of benzene rings is 1. The minimum atomic E-state index is -0.298. The van der Waals surface area contributed by atoms with Crippen LogP contribution in [0, 0.1) is 6.92 Å². The normalized spacial score (nSPS) is 10.0. The molecule has 0 aliphatic rings. The molecule has 166 valence electrons. The van der Waals surface area contributed by atoms with E-state index in [0.717, 1.165) is 17.5 Å². The Morgan fingerprint density at radius 2 is 1.74 bits per heavy atom. The second-order valence-electron chi connectivity index (χ2n) is 6.80. The van der Waals surface area contributed by atoms with E-state index in [0.29, 0.717) is 36.7 Å². The Morgan fingerprint density at radius 3 is 2.35 bits per heavy atom. The number of hydrogen-bond donors (Lipinski definition) is 2. The molecule has 9 heteroatoms. The molecule has 7 nitrogen and oxygen atoms in total. The summed E-state index contributed by atoms with van der Waals surface area (Å²) in [6.07, 6.45) is 4.01.